The van der Waals surface area contributed by atoms with Gasteiger partial charge >= 0.3 is 0 Å². The number of fused-ring (bicyclic) bond motifs is 1. The highest BCUT2D eigenvalue weighted by Gasteiger charge is 2.33. The van der Waals surface area contributed by atoms with Crippen molar-refractivity contribution < 1.29 is 4.74 Å². The van der Waals surface area contributed by atoms with Gasteiger partial charge in [0.25, 0.3) is 5.56 Å². The third-order valence-electron chi connectivity index (χ3n) is 6.42. The summed E-state index contributed by atoms with van der Waals surface area (Å²) in [6.45, 7) is 4.84. The minimum absolute atomic E-state index is 0.0824. The number of H-pyrrole nitrogens is 1. The van der Waals surface area contributed by atoms with E-state index in [0.717, 1.165) is 48.2 Å². The number of hydrogen-bond donors (Lipinski definition) is 1. The molecular formula is C22H28N6O2. The normalized spacial score (nSPS) is 19.9. The van der Waals surface area contributed by atoms with Crippen molar-refractivity contribution in [2.45, 2.75) is 51.1 Å². The van der Waals surface area contributed by atoms with E-state index in [1.54, 1.807) is 0 Å². The van der Waals surface area contributed by atoms with E-state index in [9.17, 15) is 4.79 Å². The second-order valence-electron chi connectivity index (χ2n) is 8.47. The molecule has 0 amide bonds. The Labute approximate surface area is 175 Å². The predicted molar refractivity (Wildman–Crippen MR) is 113 cm³/mol. The Hall–Kier alpha value is -2.58. The maximum atomic E-state index is 13.2. The molecule has 2 aliphatic rings. The second kappa shape index (κ2) is 8.28. The quantitative estimate of drug-likeness (QED) is 0.714. The Balaban J connectivity index is 1.64. The fourth-order valence-corrected chi connectivity index (χ4v) is 4.85. The van der Waals surface area contributed by atoms with Crippen LogP contribution in [0.25, 0.3) is 10.9 Å². The van der Waals surface area contributed by atoms with Gasteiger partial charge in [-0.15, -0.1) is 5.10 Å². The lowest BCUT2D eigenvalue weighted by Crippen LogP contribution is -2.42. The highest BCUT2D eigenvalue weighted by molar-refractivity contribution is 5.79. The number of pyridine rings is 1. The van der Waals surface area contributed by atoms with Crippen LogP contribution in [0.5, 0.6) is 0 Å². The highest BCUT2D eigenvalue weighted by atomic mass is 16.5. The van der Waals surface area contributed by atoms with Crippen molar-refractivity contribution in [3.63, 3.8) is 0 Å². The molecule has 0 spiro atoms. The Morgan fingerprint density at radius 2 is 1.93 bits per heavy atom. The molecule has 3 heterocycles. The average molecular weight is 409 g/mol. The van der Waals surface area contributed by atoms with Crippen LogP contribution in [0.15, 0.2) is 29.1 Å². The van der Waals surface area contributed by atoms with Crippen LogP contribution >= 0.6 is 0 Å². The minimum Gasteiger partial charge on any atom is -0.379 e. The molecule has 1 N–H and O–H groups in total. The molecule has 3 aromatic rings. The van der Waals surface area contributed by atoms with Crippen molar-refractivity contribution in [3.8, 4) is 0 Å². The monoisotopic (exact) mass is 408 g/mol. The van der Waals surface area contributed by atoms with Gasteiger partial charge in [0, 0.05) is 24.2 Å². The molecular weight excluding hydrogens is 380 g/mol. The second-order valence-corrected chi connectivity index (χ2v) is 8.47. The number of hydrogen-bond acceptors (Lipinski definition) is 6. The molecule has 1 atom stereocenters. The fraction of sp³-hybridized carbons (Fsp3) is 0.545. The Kier molecular flexibility index (Phi) is 5.35. The summed E-state index contributed by atoms with van der Waals surface area (Å²) in [7, 11) is 0. The standard InChI is InChI=1S/C22H28N6O2/c1-15-7-8-19-16(13-15)14-18(22(29)23-19)20(27-9-11-30-12-10-27)21-24-25-26-28(21)17-5-3-2-4-6-17/h7-8,13-14,17,20H,2-6,9-12H2,1H3,(H,23,29). The van der Waals surface area contributed by atoms with Gasteiger partial charge in [0.1, 0.15) is 6.04 Å². The summed E-state index contributed by atoms with van der Waals surface area (Å²) in [6.07, 6.45) is 5.83. The molecule has 158 valence electrons. The van der Waals surface area contributed by atoms with Crippen LogP contribution in [0.4, 0.5) is 0 Å². The van der Waals surface area contributed by atoms with Crippen molar-refractivity contribution in [1.29, 1.82) is 0 Å². The van der Waals surface area contributed by atoms with E-state index in [0.29, 0.717) is 24.8 Å². The van der Waals surface area contributed by atoms with Crippen LogP contribution in [-0.4, -0.2) is 56.4 Å². The maximum absolute atomic E-state index is 13.2. The molecule has 0 bridgehead atoms. The fourth-order valence-electron chi connectivity index (χ4n) is 4.85. The van der Waals surface area contributed by atoms with E-state index in [2.05, 4.69) is 38.4 Å². The van der Waals surface area contributed by atoms with Gasteiger partial charge in [-0.05, 0) is 53.8 Å². The van der Waals surface area contributed by atoms with Crippen LogP contribution < -0.4 is 5.56 Å². The lowest BCUT2D eigenvalue weighted by Gasteiger charge is -2.34. The van der Waals surface area contributed by atoms with E-state index < -0.39 is 0 Å². The zero-order chi connectivity index (χ0) is 20.5. The molecule has 2 fully saturated rings. The van der Waals surface area contributed by atoms with E-state index in [1.165, 1.54) is 19.3 Å². The summed E-state index contributed by atoms with van der Waals surface area (Å²) < 4.78 is 7.57. The summed E-state index contributed by atoms with van der Waals surface area (Å²) >= 11 is 0. The molecule has 8 heteroatoms. The molecule has 30 heavy (non-hydrogen) atoms. The van der Waals surface area contributed by atoms with Gasteiger partial charge in [0.05, 0.1) is 19.3 Å². The van der Waals surface area contributed by atoms with Gasteiger partial charge in [-0.3, -0.25) is 9.69 Å². The van der Waals surface area contributed by atoms with Crippen LogP contribution in [-0.2, 0) is 4.74 Å². The summed E-state index contributed by atoms with van der Waals surface area (Å²) in [5.74, 6) is 0.765. The third-order valence-corrected chi connectivity index (χ3v) is 6.42. The largest absolute Gasteiger partial charge is 0.379 e. The van der Waals surface area contributed by atoms with Crippen molar-refractivity contribution in [3.05, 3.63) is 51.6 Å². The number of nitrogens with zero attached hydrogens (tertiary/aromatic N) is 5. The zero-order valence-corrected chi connectivity index (χ0v) is 17.4. The van der Waals surface area contributed by atoms with Gasteiger partial charge in [0.2, 0.25) is 0 Å². The van der Waals surface area contributed by atoms with Crippen LogP contribution in [0, 0.1) is 6.92 Å². The highest BCUT2D eigenvalue weighted by Crippen LogP contribution is 2.33. The molecule has 1 saturated carbocycles. The van der Waals surface area contributed by atoms with Gasteiger partial charge in [-0.25, -0.2) is 4.68 Å². The number of aromatic amines is 1. The number of benzene rings is 1. The first kappa shape index (κ1) is 19.4. The molecule has 8 nitrogen and oxygen atoms in total. The van der Waals surface area contributed by atoms with E-state index >= 15 is 0 Å². The van der Waals surface area contributed by atoms with E-state index in [4.69, 9.17) is 4.74 Å². The topological polar surface area (TPSA) is 88.9 Å². The number of rotatable bonds is 4. The Morgan fingerprint density at radius 3 is 2.73 bits per heavy atom. The summed E-state index contributed by atoms with van der Waals surface area (Å²) in [5, 5.41) is 13.9. The van der Waals surface area contributed by atoms with Gasteiger partial charge in [-0.2, -0.15) is 0 Å². The van der Waals surface area contributed by atoms with Crippen molar-refractivity contribution in [2.75, 3.05) is 26.3 Å². The van der Waals surface area contributed by atoms with Gasteiger partial charge in [0.15, 0.2) is 5.82 Å². The molecule has 1 aliphatic carbocycles. The summed E-state index contributed by atoms with van der Waals surface area (Å²) in [6, 6.07) is 8.11. The molecule has 1 aromatic carbocycles. The minimum atomic E-state index is -0.292. The average Bonchev–Trinajstić information content (AvgIpc) is 3.25. The molecule has 5 rings (SSSR count). The SMILES string of the molecule is Cc1ccc2[nH]c(=O)c(C(c3nnnn3C3CCCCC3)N3CCOCC3)cc2c1. The van der Waals surface area contributed by atoms with E-state index in [-0.39, 0.29) is 11.6 Å². The molecule has 2 aromatic heterocycles. The molecule has 1 saturated heterocycles. The Bertz CT molecular complexity index is 1080. The van der Waals surface area contributed by atoms with E-state index in [1.807, 2.05) is 22.9 Å². The first-order chi connectivity index (χ1) is 14.7. The first-order valence-electron chi connectivity index (χ1n) is 10.9. The van der Waals surface area contributed by atoms with Crippen LogP contribution in [0.2, 0.25) is 0 Å². The van der Waals surface area contributed by atoms with Crippen LogP contribution in [0.1, 0.15) is 61.1 Å². The van der Waals surface area contributed by atoms with Crippen molar-refractivity contribution >= 4 is 10.9 Å². The van der Waals surface area contributed by atoms with Crippen molar-refractivity contribution in [1.82, 2.24) is 30.1 Å². The summed E-state index contributed by atoms with van der Waals surface area (Å²) in [5.41, 5.74) is 2.63. The Morgan fingerprint density at radius 1 is 1.13 bits per heavy atom. The number of aryl methyl sites for hydroxylation is 1. The van der Waals surface area contributed by atoms with Gasteiger partial charge in [-0.1, -0.05) is 30.9 Å². The van der Waals surface area contributed by atoms with Crippen LogP contribution in [0.3, 0.4) is 0 Å². The predicted octanol–water partition coefficient (Wildman–Crippen LogP) is 2.75. The molecule has 1 unspecified atom stereocenters. The number of ether oxygens (including phenoxy) is 1. The molecule has 0 radical (unpaired) electrons. The number of aromatic nitrogens is 5. The lowest BCUT2D eigenvalue weighted by molar-refractivity contribution is 0.0209. The zero-order valence-electron chi connectivity index (χ0n) is 17.4. The lowest BCUT2D eigenvalue weighted by atomic mass is 9.95. The van der Waals surface area contributed by atoms with Crippen molar-refractivity contribution in [2.24, 2.45) is 0 Å². The molecule has 1 aliphatic heterocycles. The smallest absolute Gasteiger partial charge is 0.253 e. The summed E-state index contributed by atoms with van der Waals surface area (Å²) in [4.78, 5) is 18.5. The maximum Gasteiger partial charge on any atom is 0.253 e. The third kappa shape index (κ3) is 3.65. The number of nitrogens with one attached hydrogen (secondary N) is 1. The number of tetrazole rings is 1. The number of morpholine rings is 1. The van der Waals surface area contributed by atoms with Gasteiger partial charge < -0.3 is 9.72 Å². The first-order valence-corrected chi connectivity index (χ1v) is 10.9.